The van der Waals surface area contributed by atoms with E-state index in [1.165, 1.54) is 0 Å². The van der Waals surface area contributed by atoms with Crippen LogP contribution in [0.15, 0.2) is 36.4 Å². The van der Waals surface area contributed by atoms with Gasteiger partial charge in [-0.25, -0.2) is 0 Å². The summed E-state index contributed by atoms with van der Waals surface area (Å²) in [6.45, 7) is 4.10. The van der Waals surface area contributed by atoms with Gasteiger partial charge in [0.2, 0.25) is 0 Å². The molecule has 2 aromatic rings. The minimum atomic E-state index is 0.153. The average molecular weight is 431 g/mol. The Kier molecular flexibility index (Phi) is 7.76. The maximum atomic E-state index is 5.88. The predicted molar refractivity (Wildman–Crippen MR) is 123 cm³/mol. The van der Waals surface area contributed by atoms with Crippen LogP contribution in [-0.4, -0.2) is 50.6 Å². The maximum absolute atomic E-state index is 5.88. The molecule has 162 valence electrons. The van der Waals surface area contributed by atoms with Crippen LogP contribution in [0.25, 0.3) is 0 Å². The number of nitrogens with zero attached hydrogens (tertiary/aromatic N) is 1. The van der Waals surface area contributed by atoms with Gasteiger partial charge in [0.15, 0.2) is 5.11 Å². The molecule has 1 saturated heterocycles. The normalized spacial score (nSPS) is 15.5. The molecule has 0 saturated carbocycles. The molecule has 1 aliphatic heterocycles. The summed E-state index contributed by atoms with van der Waals surface area (Å²) in [6, 6.07) is 11.8. The van der Waals surface area contributed by atoms with Crippen molar-refractivity contribution in [2.75, 3.05) is 39.8 Å². The number of hydrogen-bond donors (Lipinski definition) is 1. The van der Waals surface area contributed by atoms with E-state index < -0.39 is 0 Å². The highest BCUT2D eigenvalue weighted by Gasteiger charge is 2.23. The summed E-state index contributed by atoms with van der Waals surface area (Å²) >= 11 is 5.81. The monoisotopic (exact) mass is 430 g/mol. The second-order valence-electron chi connectivity index (χ2n) is 7.33. The van der Waals surface area contributed by atoms with Gasteiger partial charge in [0, 0.05) is 25.3 Å². The fourth-order valence-corrected chi connectivity index (χ4v) is 3.83. The highest BCUT2D eigenvalue weighted by molar-refractivity contribution is 7.80. The predicted octanol–water partition coefficient (Wildman–Crippen LogP) is 4.40. The Morgan fingerprint density at radius 3 is 2.53 bits per heavy atom. The average Bonchev–Trinajstić information content (AvgIpc) is 3.26. The summed E-state index contributed by atoms with van der Waals surface area (Å²) in [6.07, 6.45) is 2.26. The van der Waals surface area contributed by atoms with Crippen LogP contribution in [0.4, 0.5) is 5.69 Å². The number of thiocarbonyl (C=S) groups is 1. The smallest absolute Gasteiger partial charge is 0.173 e. The van der Waals surface area contributed by atoms with Crippen LogP contribution in [0.3, 0.4) is 0 Å². The lowest BCUT2D eigenvalue weighted by atomic mass is 10.1. The number of ether oxygens (including phenoxy) is 4. The number of methoxy groups -OCH3 is 3. The first-order valence-electron chi connectivity index (χ1n) is 10.1. The van der Waals surface area contributed by atoms with E-state index in [0.29, 0.717) is 18.2 Å². The van der Waals surface area contributed by atoms with E-state index in [-0.39, 0.29) is 6.10 Å². The summed E-state index contributed by atoms with van der Waals surface area (Å²) in [5.41, 5.74) is 2.97. The Balaban J connectivity index is 1.85. The van der Waals surface area contributed by atoms with Crippen LogP contribution in [0.2, 0.25) is 0 Å². The number of rotatable bonds is 8. The molecule has 0 radical (unpaired) electrons. The number of nitrogens with one attached hydrogen (secondary N) is 1. The zero-order chi connectivity index (χ0) is 21.5. The van der Waals surface area contributed by atoms with Gasteiger partial charge in [0.25, 0.3) is 0 Å². The van der Waals surface area contributed by atoms with E-state index in [1.54, 1.807) is 21.3 Å². The van der Waals surface area contributed by atoms with E-state index >= 15 is 0 Å². The summed E-state index contributed by atoms with van der Waals surface area (Å²) in [4.78, 5) is 2.12. The van der Waals surface area contributed by atoms with Gasteiger partial charge in [0.1, 0.15) is 17.2 Å². The van der Waals surface area contributed by atoms with Crippen LogP contribution in [-0.2, 0) is 11.3 Å². The molecular weight excluding hydrogens is 400 g/mol. The van der Waals surface area contributed by atoms with Crippen molar-refractivity contribution in [2.24, 2.45) is 0 Å². The molecule has 0 spiro atoms. The minimum Gasteiger partial charge on any atom is -0.497 e. The molecule has 1 fully saturated rings. The molecule has 0 amide bonds. The highest BCUT2D eigenvalue weighted by Crippen LogP contribution is 2.28. The quantitative estimate of drug-likeness (QED) is 0.623. The molecule has 1 heterocycles. The maximum Gasteiger partial charge on any atom is 0.173 e. The van der Waals surface area contributed by atoms with Crippen molar-refractivity contribution < 1.29 is 18.9 Å². The SMILES string of the molecule is COc1ccc(OC)c(CN(CC2CCCO2)C(=S)Nc2cc(C)ccc2OC)c1. The van der Waals surface area contributed by atoms with Gasteiger partial charge in [-0.15, -0.1) is 0 Å². The van der Waals surface area contributed by atoms with Crippen molar-refractivity contribution >= 4 is 23.0 Å². The van der Waals surface area contributed by atoms with Gasteiger partial charge in [-0.2, -0.15) is 0 Å². The lowest BCUT2D eigenvalue weighted by Crippen LogP contribution is -2.39. The van der Waals surface area contributed by atoms with Crippen LogP contribution < -0.4 is 19.5 Å². The van der Waals surface area contributed by atoms with Crippen LogP contribution >= 0.6 is 12.2 Å². The molecular formula is C23H30N2O4S. The van der Waals surface area contributed by atoms with Gasteiger partial charge >= 0.3 is 0 Å². The Hall–Kier alpha value is -2.51. The third-order valence-electron chi connectivity index (χ3n) is 5.18. The fourth-order valence-electron chi connectivity index (χ4n) is 3.58. The molecule has 0 aromatic heterocycles. The summed E-state index contributed by atoms with van der Waals surface area (Å²) in [7, 11) is 4.99. The molecule has 0 bridgehead atoms. The van der Waals surface area contributed by atoms with Crippen LogP contribution in [0.5, 0.6) is 17.2 Å². The lowest BCUT2D eigenvalue weighted by molar-refractivity contribution is 0.0903. The molecule has 1 unspecified atom stereocenters. The molecule has 30 heavy (non-hydrogen) atoms. The van der Waals surface area contributed by atoms with Crippen molar-refractivity contribution in [3.05, 3.63) is 47.5 Å². The third-order valence-corrected chi connectivity index (χ3v) is 5.54. The third kappa shape index (κ3) is 5.55. The van der Waals surface area contributed by atoms with E-state index in [9.17, 15) is 0 Å². The van der Waals surface area contributed by atoms with Crippen molar-refractivity contribution in [1.82, 2.24) is 4.90 Å². The topological polar surface area (TPSA) is 52.2 Å². The summed E-state index contributed by atoms with van der Waals surface area (Å²) < 4.78 is 22.3. The first-order valence-corrected chi connectivity index (χ1v) is 10.5. The summed E-state index contributed by atoms with van der Waals surface area (Å²) in [5.74, 6) is 2.32. The molecule has 2 aromatic carbocycles. The van der Waals surface area contributed by atoms with Crippen LogP contribution in [0.1, 0.15) is 24.0 Å². The molecule has 0 aliphatic carbocycles. The Bertz CT molecular complexity index is 868. The minimum absolute atomic E-state index is 0.153. The first-order chi connectivity index (χ1) is 14.5. The first kappa shape index (κ1) is 22.2. The largest absolute Gasteiger partial charge is 0.497 e. The van der Waals surface area contributed by atoms with Crippen molar-refractivity contribution in [3.8, 4) is 17.2 Å². The van der Waals surface area contributed by atoms with E-state index in [1.807, 2.05) is 43.3 Å². The van der Waals surface area contributed by atoms with Gasteiger partial charge in [-0.1, -0.05) is 6.07 Å². The molecule has 3 rings (SSSR count). The Morgan fingerprint density at radius 2 is 1.87 bits per heavy atom. The van der Waals surface area contributed by atoms with Gasteiger partial charge in [-0.3, -0.25) is 0 Å². The Morgan fingerprint density at radius 1 is 1.10 bits per heavy atom. The Labute approximate surface area is 184 Å². The molecule has 7 heteroatoms. The fraction of sp³-hybridized carbons (Fsp3) is 0.435. The number of benzene rings is 2. The standard InChI is InChI=1S/C23H30N2O4S/c1-16-7-9-22(28-4)20(12-16)24-23(30)25(15-19-6-5-11-29-19)14-17-13-18(26-2)8-10-21(17)27-3/h7-10,12-13,19H,5-6,11,14-15H2,1-4H3,(H,24,30). The summed E-state index contributed by atoms with van der Waals surface area (Å²) in [5, 5.41) is 3.98. The van der Waals surface area contributed by atoms with Gasteiger partial charge in [-0.05, 0) is 67.9 Å². The number of aryl methyl sites for hydroxylation is 1. The van der Waals surface area contributed by atoms with E-state index in [4.69, 9.17) is 31.2 Å². The lowest BCUT2D eigenvalue weighted by Gasteiger charge is -2.29. The second-order valence-corrected chi connectivity index (χ2v) is 7.71. The van der Waals surface area contributed by atoms with E-state index in [0.717, 1.165) is 53.5 Å². The van der Waals surface area contributed by atoms with Crippen molar-refractivity contribution in [3.63, 3.8) is 0 Å². The second kappa shape index (κ2) is 10.5. The zero-order valence-corrected chi connectivity index (χ0v) is 18.9. The molecule has 6 nitrogen and oxygen atoms in total. The van der Waals surface area contributed by atoms with Crippen LogP contribution in [0, 0.1) is 6.92 Å². The van der Waals surface area contributed by atoms with Gasteiger partial charge in [0.05, 0.1) is 33.1 Å². The number of anilines is 1. The zero-order valence-electron chi connectivity index (χ0n) is 18.1. The number of hydrogen-bond acceptors (Lipinski definition) is 5. The van der Waals surface area contributed by atoms with Gasteiger partial charge < -0.3 is 29.2 Å². The highest BCUT2D eigenvalue weighted by atomic mass is 32.1. The molecule has 1 aliphatic rings. The van der Waals surface area contributed by atoms with Crippen molar-refractivity contribution in [2.45, 2.75) is 32.4 Å². The van der Waals surface area contributed by atoms with E-state index in [2.05, 4.69) is 10.2 Å². The van der Waals surface area contributed by atoms with Crippen molar-refractivity contribution in [1.29, 1.82) is 0 Å². The molecule has 1 N–H and O–H groups in total. The molecule has 1 atom stereocenters.